The Hall–Kier alpha value is -2.27. The second-order valence-corrected chi connectivity index (χ2v) is 8.51. The molecule has 5 heteroatoms. The van der Waals surface area contributed by atoms with Crippen molar-refractivity contribution in [3.05, 3.63) is 53.6 Å². The Labute approximate surface area is 157 Å². The van der Waals surface area contributed by atoms with Crippen LogP contribution in [-0.4, -0.2) is 16.7 Å². The van der Waals surface area contributed by atoms with Gasteiger partial charge in [0, 0.05) is 17.0 Å². The summed E-state index contributed by atoms with van der Waals surface area (Å²) in [7, 11) is 0. The Morgan fingerprint density at radius 3 is 2.81 bits per heavy atom. The van der Waals surface area contributed by atoms with Gasteiger partial charge in [-0.15, -0.1) is 0 Å². The van der Waals surface area contributed by atoms with Crippen molar-refractivity contribution in [3.63, 3.8) is 0 Å². The number of carbonyl (C=O) groups is 2. The van der Waals surface area contributed by atoms with Gasteiger partial charge in [0.1, 0.15) is 0 Å². The summed E-state index contributed by atoms with van der Waals surface area (Å²) in [5.74, 6) is -0.0452. The molecule has 2 aliphatic heterocycles. The molecule has 5 rings (SSSR count). The van der Waals surface area contributed by atoms with E-state index >= 15 is 0 Å². The van der Waals surface area contributed by atoms with E-state index in [0.29, 0.717) is 12.8 Å². The Balaban J connectivity index is 1.51. The molecule has 1 saturated heterocycles. The van der Waals surface area contributed by atoms with Gasteiger partial charge in [0.2, 0.25) is 5.91 Å². The minimum absolute atomic E-state index is 0.0349. The molecule has 1 N–H and O–H groups in total. The summed E-state index contributed by atoms with van der Waals surface area (Å²) in [5, 5.41) is 3.18. The number of nitrogens with zero attached hydrogens (tertiary/aromatic N) is 1. The maximum absolute atomic E-state index is 13.4. The molecule has 0 spiro atoms. The summed E-state index contributed by atoms with van der Waals surface area (Å²) in [5.41, 5.74) is 4.39. The summed E-state index contributed by atoms with van der Waals surface area (Å²) in [6.45, 7) is 0. The predicted molar refractivity (Wildman–Crippen MR) is 103 cm³/mol. The highest BCUT2D eigenvalue weighted by molar-refractivity contribution is 8.02. The monoisotopic (exact) mass is 364 g/mol. The molecule has 2 heterocycles. The van der Waals surface area contributed by atoms with E-state index in [-0.39, 0.29) is 11.8 Å². The first-order valence-corrected chi connectivity index (χ1v) is 10.0. The number of fused-ring (bicyclic) bond motifs is 4. The Morgan fingerprint density at radius 2 is 1.88 bits per heavy atom. The van der Waals surface area contributed by atoms with Gasteiger partial charge in [-0.2, -0.15) is 0 Å². The van der Waals surface area contributed by atoms with Crippen LogP contribution in [0.4, 0.5) is 11.4 Å². The van der Waals surface area contributed by atoms with Gasteiger partial charge in [-0.25, -0.2) is 0 Å². The molecule has 26 heavy (non-hydrogen) atoms. The van der Waals surface area contributed by atoms with Gasteiger partial charge in [-0.05, 0) is 61.4 Å². The van der Waals surface area contributed by atoms with Crippen LogP contribution < -0.4 is 10.2 Å². The van der Waals surface area contributed by atoms with E-state index in [0.717, 1.165) is 35.5 Å². The van der Waals surface area contributed by atoms with Crippen LogP contribution >= 0.6 is 11.8 Å². The fourth-order valence-corrected chi connectivity index (χ4v) is 5.83. The zero-order valence-corrected chi connectivity index (χ0v) is 15.3. The van der Waals surface area contributed by atoms with Crippen LogP contribution in [0.5, 0.6) is 0 Å². The lowest BCUT2D eigenvalue weighted by Gasteiger charge is -2.30. The predicted octanol–water partition coefficient (Wildman–Crippen LogP) is 4.13. The Bertz CT molecular complexity index is 926. The molecule has 4 nitrogen and oxygen atoms in total. The highest BCUT2D eigenvalue weighted by Crippen LogP contribution is 2.56. The number of rotatable bonds is 2. The normalized spacial score (nSPS) is 23.4. The van der Waals surface area contributed by atoms with Gasteiger partial charge < -0.3 is 5.32 Å². The second kappa shape index (κ2) is 5.88. The number of nitrogens with one attached hydrogen (secondary N) is 1. The first-order chi connectivity index (χ1) is 12.7. The molecule has 0 bridgehead atoms. The number of para-hydroxylation sites is 1. The molecule has 1 aliphatic carbocycles. The van der Waals surface area contributed by atoms with E-state index in [1.807, 2.05) is 36.4 Å². The summed E-state index contributed by atoms with van der Waals surface area (Å²) in [6.07, 6.45) is 5.43. The third-order valence-corrected chi connectivity index (χ3v) is 7.15. The molecule has 0 unspecified atom stereocenters. The van der Waals surface area contributed by atoms with Crippen molar-refractivity contribution in [1.82, 2.24) is 0 Å². The SMILES string of the molecule is O=C1CC[C@@]2(C(=O)Nc3cccc4c3CCCC4)Sc3ccccc3N12. The summed E-state index contributed by atoms with van der Waals surface area (Å²) in [4.78, 5) is 27.8. The van der Waals surface area contributed by atoms with Crippen molar-refractivity contribution in [1.29, 1.82) is 0 Å². The third-order valence-electron chi connectivity index (χ3n) is 5.67. The van der Waals surface area contributed by atoms with Crippen LogP contribution in [0.25, 0.3) is 0 Å². The lowest BCUT2D eigenvalue weighted by molar-refractivity contribution is -0.121. The first-order valence-electron chi connectivity index (χ1n) is 9.22. The molecule has 0 radical (unpaired) electrons. The molecule has 0 saturated carbocycles. The third kappa shape index (κ3) is 2.23. The molecule has 1 fully saturated rings. The maximum Gasteiger partial charge on any atom is 0.261 e. The van der Waals surface area contributed by atoms with Crippen molar-refractivity contribution < 1.29 is 9.59 Å². The number of hydrogen-bond acceptors (Lipinski definition) is 3. The van der Waals surface area contributed by atoms with Gasteiger partial charge in [0.15, 0.2) is 4.87 Å². The lowest BCUT2D eigenvalue weighted by atomic mass is 9.90. The van der Waals surface area contributed by atoms with Crippen molar-refractivity contribution >= 4 is 35.0 Å². The quantitative estimate of drug-likeness (QED) is 0.871. The van der Waals surface area contributed by atoms with Crippen molar-refractivity contribution in [3.8, 4) is 0 Å². The summed E-state index contributed by atoms with van der Waals surface area (Å²) >= 11 is 1.52. The topological polar surface area (TPSA) is 49.4 Å². The largest absolute Gasteiger partial charge is 0.323 e. The summed E-state index contributed by atoms with van der Waals surface area (Å²) < 4.78 is 0. The fraction of sp³-hybridized carbons (Fsp3) is 0.333. The van der Waals surface area contributed by atoms with Gasteiger partial charge in [0.25, 0.3) is 5.91 Å². The van der Waals surface area contributed by atoms with Crippen molar-refractivity contribution in [2.75, 3.05) is 10.2 Å². The van der Waals surface area contributed by atoms with Gasteiger partial charge in [0.05, 0.1) is 5.69 Å². The fourth-order valence-electron chi connectivity index (χ4n) is 4.42. The molecule has 2 amide bonds. The average molecular weight is 364 g/mol. The van der Waals surface area contributed by atoms with Crippen molar-refractivity contribution in [2.24, 2.45) is 0 Å². The Kier molecular flexibility index (Phi) is 3.60. The number of anilines is 2. The van der Waals surface area contributed by atoms with Gasteiger partial charge in [-0.1, -0.05) is 36.0 Å². The van der Waals surface area contributed by atoms with Crippen LogP contribution in [0.15, 0.2) is 47.4 Å². The van der Waals surface area contributed by atoms with E-state index in [9.17, 15) is 9.59 Å². The summed E-state index contributed by atoms with van der Waals surface area (Å²) in [6, 6.07) is 14.0. The van der Waals surface area contributed by atoms with Crippen LogP contribution in [-0.2, 0) is 22.4 Å². The smallest absolute Gasteiger partial charge is 0.261 e. The first kappa shape index (κ1) is 15.9. The number of carbonyl (C=O) groups excluding carboxylic acids is 2. The zero-order valence-electron chi connectivity index (χ0n) is 14.5. The van der Waals surface area contributed by atoms with Crippen LogP contribution in [0.1, 0.15) is 36.8 Å². The number of amides is 2. The molecule has 1 atom stereocenters. The van der Waals surface area contributed by atoms with Crippen LogP contribution in [0, 0.1) is 0 Å². The lowest BCUT2D eigenvalue weighted by Crippen LogP contribution is -2.49. The molecular weight excluding hydrogens is 344 g/mol. The molecule has 3 aliphatic rings. The number of benzene rings is 2. The minimum Gasteiger partial charge on any atom is -0.323 e. The van der Waals surface area contributed by atoms with E-state index in [1.54, 1.807) is 4.90 Å². The molecule has 2 aromatic rings. The number of aryl methyl sites for hydroxylation is 1. The van der Waals surface area contributed by atoms with E-state index < -0.39 is 4.87 Å². The number of hydrogen-bond donors (Lipinski definition) is 1. The van der Waals surface area contributed by atoms with E-state index in [4.69, 9.17) is 0 Å². The molecule has 0 aromatic heterocycles. The molecular formula is C21H20N2O2S. The zero-order chi connectivity index (χ0) is 17.7. The van der Waals surface area contributed by atoms with Crippen LogP contribution in [0.2, 0.25) is 0 Å². The van der Waals surface area contributed by atoms with Gasteiger partial charge in [-0.3, -0.25) is 14.5 Å². The highest BCUT2D eigenvalue weighted by atomic mass is 32.2. The van der Waals surface area contributed by atoms with Crippen molar-refractivity contribution in [2.45, 2.75) is 48.3 Å². The van der Waals surface area contributed by atoms with Gasteiger partial charge >= 0.3 is 0 Å². The highest BCUT2D eigenvalue weighted by Gasteiger charge is 2.57. The minimum atomic E-state index is -0.849. The number of thioether (sulfide) groups is 1. The Morgan fingerprint density at radius 1 is 1.04 bits per heavy atom. The second-order valence-electron chi connectivity index (χ2n) is 7.19. The van der Waals surface area contributed by atoms with E-state index in [2.05, 4.69) is 11.4 Å². The van der Waals surface area contributed by atoms with Crippen LogP contribution in [0.3, 0.4) is 0 Å². The van der Waals surface area contributed by atoms with E-state index in [1.165, 1.54) is 29.3 Å². The maximum atomic E-state index is 13.4. The molecule has 132 valence electrons. The standard InChI is InChI=1S/C21H20N2O2S/c24-19-12-13-21(23(19)17-10-3-4-11-18(17)26-21)20(25)22-16-9-5-7-14-6-1-2-8-15(14)16/h3-5,7,9-11H,1-2,6,8,12-13H2,(H,22,25)/t21-/m0/s1. The molecule has 2 aromatic carbocycles. The average Bonchev–Trinajstić information content (AvgIpc) is 3.18.